The first kappa shape index (κ1) is 19.0. The smallest absolute Gasteiger partial charge is 0.386 e. The third kappa shape index (κ3) is 3.34. The summed E-state index contributed by atoms with van der Waals surface area (Å²) in [7, 11) is -3.92. The van der Waals surface area contributed by atoms with E-state index in [1.54, 1.807) is 12.1 Å². The lowest BCUT2D eigenvalue weighted by Crippen LogP contribution is -2.09. The van der Waals surface area contributed by atoms with E-state index in [9.17, 15) is 4.57 Å². The van der Waals surface area contributed by atoms with Crippen LogP contribution in [0.2, 0.25) is 0 Å². The third-order valence-electron chi connectivity index (χ3n) is 6.62. The molecule has 4 nitrogen and oxygen atoms in total. The van der Waals surface area contributed by atoms with E-state index in [0.29, 0.717) is 17.2 Å². The van der Waals surface area contributed by atoms with Crippen molar-refractivity contribution in [2.45, 2.75) is 51.4 Å². The van der Waals surface area contributed by atoms with Gasteiger partial charge in [0.25, 0.3) is 0 Å². The number of hydrogen-bond donors (Lipinski definition) is 0. The van der Waals surface area contributed by atoms with Gasteiger partial charge in [-0.05, 0) is 97.9 Å². The lowest BCUT2D eigenvalue weighted by atomic mass is 9.80. The van der Waals surface area contributed by atoms with Crippen LogP contribution in [0, 0.1) is 0 Å². The highest BCUT2D eigenvalue weighted by Gasteiger charge is 2.40. The van der Waals surface area contributed by atoms with E-state index >= 15 is 0 Å². The van der Waals surface area contributed by atoms with E-state index < -0.39 is 7.82 Å². The predicted molar refractivity (Wildman–Crippen MR) is 121 cm³/mol. The highest BCUT2D eigenvalue weighted by molar-refractivity contribution is 7.49. The summed E-state index contributed by atoms with van der Waals surface area (Å²) >= 11 is 0. The van der Waals surface area contributed by atoms with Crippen molar-refractivity contribution in [3.8, 4) is 28.4 Å². The van der Waals surface area contributed by atoms with Crippen LogP contribution in [0.25, 0.3) is 11.1 Å². The van der Waals surface area contributed by atoms with Crippen LogP contribution in [-0.2, 0) is 30.2 Å². The molecular weight excluding hydrogens is 407 g/mol. The van der Waals surface area contributed by atoms with Gasteiger partial charge >= 0.3 is 7.82 Å². The summed E-state index contributed by atoms with van der Waals surface area (Å²) in [6.45, 7) is 0. The van der Waals surface area contributed by atoms with Gasteiger partial charge in [-0.25, -0.2) is 0 Å². The van der Waals surface area contributed by atoms with E-state index in [-0.39, 0.29) is 0 Å². The second-order valence-corrected chi connectivity index (χ2v) is 10.0. The Hall–Kier alpha value is -2.71. The minimum Gasteiger partial charge on any atom is -0.386 e. The second kappa shape index (κ2) is 7.46. The molecule has 2 aliphatic carbocycles. The zero-order chi connectivity index (χ0) is 20.8. The average Bonchev–Trinajstić information content (AvgIpc) is 2.93. The van der Waals surface area contributed by atoms with Gasteiger partial charge in [-0.3, -0.25) is 0 Å². The number of para-hydroxylation sites is 1. The minimum absolute atomic E-state index is 0.465. The molecule has 3 aromatic carbocycles. The van der Waals surface area contributed by atoms with Crippen LogP contribution in [0.4, 0.5) is 0 Å². The molecule has 0 radical (unpaired) electrons. The molecule has 0 fully saturated rings. The fraction of sp³-hybridized carbons (Fsp3) is 0.308. The van der Waals surface area contributed by atoms with Crippen molar-refractivity contribution in [2.24, 2.45) is 0 Å². The molecule has 0 saturated heterocycles. The molecule has 1 aliphatic heterocycles. The topological polar surface area (TPSA) is 44.8 Å². The Labute approximate surface area is 182 Å². The van der Waals surface area contributed by atoms with Crippen LogP contribution >= 0.6 is 7.82 Å². The first-order valence-electron chi connectivity index (χ1n) is 11.2. The van der Waals surface area contributed by atoms with Gasteiger partial charge in [0.15, 0.2) is 0 Å². The molecule has 3 aliphatic rings. The monoisotopic (exact) mass is 432 g/mol. The van der Waals surface area contributed by atoms with Gasteiger partial charge in [0.2, 0.25) is 0 Å². The fourth-order valence-corrected chi connectivity index (χ4v) is 6.50. The highest BCUT2D eigenvalue weighted by atomic mass is 31.2. The molecule has 0 saturated carbocycles. The molecular formula is C26H25O4P. The summed E-state index contributed by atoms with van der Waals surface area (Å²) in [5.74, 6) is 1.68. The Morgan fingerprint density at radius 2 is 1.16 bits per heavy atom. The SMILES string of the molecule is O=P1(Oc2ccccc2)Oc2ccc3c(c2-c2c(ccc4c2CCCC4)O1)CCCC3. The summed E-state index contributed by atoms with van der Waals surface area (Å²) in [4.78, 5) is 0. The minimum atomic E-state index is -3.92. The van der Waals surface area contributed by atoms with Gasteiger partial charge in [-0.2, -0.15) is 4.57 Å². The molecule has 5 heteroatoms. The zero-order valence-electron chi connectivity index (χ0n) is 17.4. The van der Waals surface area contributed by atoms with Crippen LogP contribution < -0.4 is 13.6 Å². The van der Waals surface area contributed by atoms with Gasteiger partial charge in [0.05, 0.1) is 0 Å². The van der Waals surface area contributed by atoms with Gasteiger partial charge in [0.1, 0.15) is 17.2 Å². The highest BCUT2D eigenvalue weighted by Crippen LogP contribution is 2.59. The lowest BCUT2D eigenvalue weighted by Gasteiger charge is -2.25. The Bertz CT molecular complexity index is 1130. The van der Waals surface area contributed by atoms with E-state index in [0.717, 1.165) is 49.7 Å². The fourth-order valence-electron chi connectivity index (χ4n) is 5.22. The van der Waals surface area contributed by atoms with Crippen molar-refractivity contribution >= 4 is 7.82 Å². The Morgan fingerprint density at radius 1 is 0.645 bits per heavy atom. The summed E-state index contributed by atoms with van der Waals surface area (Å²) < 4.78 is 31.9. The lowest BCUT2D eigenvalue weighted by molar-refractivity contribution is 0.302. The number of rotatable bonds is 2. The second-order valence-electron chi connectivity index (χ2n) is 8.60. The van der Waals surface area contributed by atoms with Crippen LogP contribution in [0.5, 0.6) is 17.2 Å². The molecule has 1 heterocycles. The summed E-state index contributed by atoms with van der Waals surface area (Å²) in [6, 6.07) is 17.3. The molecule has 0 bridgehead atoms. The van der Waals surface area contributed by atoms with E-state index in [4.69, 9.17) is 13.6 Å². The van der Waals surface area contributed by atoms with Crippen molar-refractivity contribution in [1.29, 1.82) is 0 Å². The zero-order valence-corrected chi connectivity index (χ0v) is 18.3. The predicted octanol–water partition coefficient (Wildman–Crippen LogP) is 7.07. The van der Waals surface area contributed by atoms with Crippen molar-refractivity contribution in [3.05, 3.63) is 76.9 Å². The number of fused-ring (bicyclic) bond motifs is 7. The van der Waals surface area contributed by atoms with Gasteiger partial charge in [-0.1, -0.05) is 30.3 Å². The van der Waals surface area contributed by atoms with Crippen molar-refractivity contribution in [3.63, 3.8) is 0 Å². The number of hydrogen-bond acceptors (Lipinski definition) is 4. The van der Waals surface area contributed by atoms with E-state index in [1.807, 2.05) is 30.3 Å². The molecule has 3 aromatic rings. The molecule has 0 unspecified atom stereocenters. The third-order valence-corrected chi connectivity index (χ3v) is 7.89. The van der Waals surface area contributed by atoms with Crippen LogP contribution in [0.1, 0.15) is 47.9 Å². The van der Waals surface area contributed by atoms with Crippen LogP contribution in [-0.4, -0.2) is 0 Å². The van der Waals surface area contributed by atoms with Gasteiger partial charge < -0.3 is 13.6 Å². The van der Waals surface area contributed by atoms with Crippen molar-refractivity contribution in [2.75, 3.05) is 0 Å². The van der Waals surface area contributed by atoms with Crippen molar-refractivity contribution < 1.29 is 18.1 Å². The van der Waals surface area contributed by atoms with E-state index in [2.05, 4.69) is 12.1 Å². The molecule has 0 atom stereocenters. The standard InChI is InChI=1S/C26H25O4P/c27-31(28-20-10-2-1-3-11-20)29-23-16-14-18-8-4-6-12-21(18)25(23)26-22-13-7-5-9-19(22)15-17-24(26)30-31/h1-3,10-11,14-17H,4-9,12-13H2. The van der Waals surface area contributed by atoms with Gasteiger partial charge in [-0.15, -0.1) is 0 Å². The van der Waals surface area contributed by atoms with Crippen LogP contribution in [0.3, 0.4) is 0 Å². The number of aryl methyl sites for hydroxylation is 2. The molecule has 0 N–H and O–H groups in total. The maximum Gasteiger partial charge on any atom is 0.647 e. The normalized spacial score (nSPS) is 18.2. The molecule has 158 valence electrons. The van der Waals surface area contributed by atoms with Gasteiger partial charge in [0, 0.05) is 11.1 Å². The van der Waals surface area contributed by atoms with Crippen molar-refractivity contribution in [1.82, 2.24) is 0 Å². The molecule has 0 amide bonds. The largest absolute Gasteiger partial charge is 0.647 e. The van der Waals surface area contributed by atoms with E-state index in [1.165, 1.54) is 35.1 Å². The summed E-state index contributed by atoms with van der Waals surface area (Å²) in [5, 5.41) is 0. The molecule has 0 spiro atoms. The Kier molecular flexibility index (Phi) is 4.57. The number of phosphoric acid groups is 1. The first-order valence-corrected chi connectivity index (χ1v) is 12.7. The molecule has 6 rings (SSSR count). The molecule has 31 heavy (non-hydrogen) atoms. The first-order chi connectivity index (χ1) is 15.2. The Morgan fingerprint density at radius 3 is 1.71 bits per heavy atom. The molecule has 0 aromatic heterocycles. The number of phosphoric ester groups is 1. The van der Waals surface area contributed by atoms with Crippen LogP contribution in [0.15, 0.2) is 54.6 Å². The maximum atomic E-state index is 13.8. The summed E-state index contributed by atoms with van der Waals surface area (Å²) in [6.07, 6.45) is 8.90. The number of benzene rings is 3. The maximum absolute atomic E-state index is 13.8. The summed E-state index contributed by atoms with van der Waals surface area (Å²) in [5.41, 5.74) is 7.52. The quantitative estimate of drug-likeness (QED) is 0.406. The average molecular weight is 432 g/mol. The Balaban J connectivity index is 1.58.